The summed E-state index contributed by atoms with van der Waals surface area (Å²) in [6.07, 6.45) is 0.953. The van der Waals surface area contributed by atoms with Crippen molar-refractivity contribution in [3.63, 3.8) is 0 Å². The van der Waals surface area contributed by atoms with Crippen LogP contribution in [0, 0.1) is 0 Å². The van der Waals surface area contributed by atoms with Gasteiger partial charge in [-0.2, -0.15) is 0 Å². The van der Waals surface area contributed by atoms with Gasteiger partial charge in [-0.05, 0) is 17.2 Å². The molecule has 2 N–H and O–H groups in total. The molecule has 1 atom stereocenters. The van der Waals surface area contributed by atoms with Gasteiger partial charge in [-0.3, -0.25) is 5.14 Å². The quantitative estimate of drug-likeness (QED) is 0.566. The number of hydrogen-bond donors (Lipinski definition) is 1. The second-order valence-corrected chi connectivity index (χ2v) is 4.17. The minimum Gasteiger partial charge on any atom is -0.258 e. The molecule has 0 saturated heterocycles. The molecule has 1 aliphatic rings. The van der Waals surface area contributed by atoms with Crippen LogP contribution < -0.4 is 5.14 Å². The lowest BCUT2D eigenvalue weighted by atomic mass is 10.5. The molecule has 0 saturated carbocycles. The molecule has 1 rings (SSSR count). The van der Waals surface area contributed by atoms with E-state index in [1.165, 1.54) is 0 Å². The molecule has 5 heteroatoms. The zero-order valence-electron chi connectivity index (χ0n) is 4.50. The van der Waals surface area contributed by atoms with E-state index in [-0.39, 0.29) is 9.91 Å². The Morgan fingerprint density at radius 3 is 2.88 bits per heavy atom. The van der Waals surface area contributed by atoms with Crippen molar-refractivity contribution in [1.82, 2.24) is 0 Å². The Balaban J connectivity index is 2.49. The van der Waals surface area contributed by atoms with Crippen LogP contribution in [0.25, 0.3) is 0 Å². The van der Waals surface area contributed by atoms with Crippen molar-refractivity contribution in [2.45, 2.75) is 13.3 Å². The summed E-state index contributed by atoms with van der Waals surface area (Å²) in [7, 11) is 1.19. The highest BCUT2D eigenvalue weighted by molar-refractivity contribution is 8.75. The topological polar surface area (TPSA) is 50.7 Å². The smallest absolute Gasteiger partial charge is 0.109 e. The van der Waals surface area contributed by atoms with Crippen molar-refractivity contribution in [3.05, 3.63) is 0 Å². The van der Waals surface area contributed by atoms with E-state index in [4.69, 9.17) is 5.14 Å². The average molecular weight is 149 g/mol. The lowest BCUT2D eigenvalue weighted by Crippen LogP contribution is -1.94. The maximum atomic E-state index is 5.41. The van der Waals surface area contributed by atoms with Gasteiger partial charge >= 0.3 is 0 Å². The van der Waals surface area contributed by atoms with Crippen LogP contribution in [0.5, 0.6) is 0 Å². The molecule has 0 aliphatic carbocycles. The maximum Gasteiger partial charge on any atom is 0.109 e. The van der Waals surface area contributed by atoms with Crippen LogP contribution >= 0.6 is 10.8 Å². The molecule has 1 heterocycles. The van der Waals surface area contributed by atoms with E-state index in [9.17, 15) is 0 Å². The standard InChI is InChI=1S/C3H7N3S2/c1-2-3-5-6-8(4)7-3/h2H2,1H3,(H2,4,6). The Hall–Kier alpha value is 0.130. The normalized spacial score (nSPS) is 27.2. The number of hydrogen-bond acceptors (Lipinski definition) is 4. The predicted octanol–water partition coefficient (Wildman–Crippen LogP) is 1.05. The molecule has 0 amide bonds. The molecule has 0 fully saturated rings. The molecule has 3 nitrogen and oxygen atoms in total. The molecule has 46 valence electrons. The van der Waals surface area contributed by atoms with Gasteiger partial charge in [0.1, 0.15) is 5.04 Å². The lowest BCUT2D eigenvalue weighted by Gasteiger charge is -1.87. The first-order valence-corrected chi connectivity index (χ1v) is 4.85. The van der Waals surface area contributed by atoms with Crippen LogP contribution in [0.4, 0.5) is 0 Å². The van der Waals surface area contributed by atoms with Crippen molar-refractivity contribution in [2.75, 3.05) is 0 Å². The molecular weight excluding hydrogens is 142 g/mol. The van der Waals surface area contributed by atoms with Crippen molar-refractivity contribution in [2.24, 2.45) is 14.7 Å². The van der Waals surface area contributed by atoms with Crippen LogP contribution in [-0.2, 0) is 9.91 Å². The highest BCUT2D eigenvalue weighted by Gasteiger charge is 2.04. The van der Waals surface area contributed by atoms with Crippen LogP contribution in [0.15, 0.2) is 9.57 Å². The first kappa shape index (κ1) is 6.25. The third-order valence-corrected chi connectivity index (χ3v) is 2.98. The molecule has 0 aromatic carbocycles. The fraction of sp³-hybridized carbons (Fsp3) is 0.667. The molecule has 0 spiro atoms. The Morgan fingerprint density at radius 1 is 1.88 bits per heavy atom. The van der Waals surface area contributed by atoms with Crippen LogP contribution in [0.2, 0.25) is 0 Å². The summed E-state index contributed by atoms with van der Waals surface area (Å²) in [5.74, 6) is 0. The summed E-state index contributed by atoms with van der Waals surface area (Å²) in [4.78, 5) is 0. The van der Waals surface area contributed by atoms with Gasteiger partial charge < -0.3 is 0 Å². The first-order chi connectivity index (χ1) is 3.83. The van der Waals surface area contributed by atoms with Crippen LogP contribution in [0.1, 0.15) is 13.3 Å². The third kappa shape index (κ3) is 1.30. The molecule has 0 aromatic rings. The van der Waals surface area contributed by atoms with Gasteiger partial charge in [0, 0.05) is 0 Å². The molecule has 0 aromatic heterocycles. The predicted molar refractivity (Wildman–Crippen MR) is 39.3 cm³/mol. The van der Waals surface area contributed by atoms with Gasteiger partial charge in [-0.15, -0.1) is 9.57 Å². The Labute approximate surface area is 54.4 Å². The van der Waals surface area contributed by atoms with E-state index in [0.717, 1.165) is 11.5 Å². The zero-order valence-corrected chi connectivity index (χ0v) is 6.13. The molecule has 0 bridgehead atoms. The SMILES string of the molecule is CCC1=NN=S(N)S1. The second-order valence-electron chi connectivity index (χ2n) is 1.29. The Kier molecular flexibility index (Phi) is 2.04. The third-order valence-electron chi connectivity index (χ3n) is 0.717. The van der Waals surface area contributed by atoms with Crippen LogP contribution in [0.3, 0.4) is 0 Å². The van der Waals surface area contributed by atoms with E-state index < -0.39 is 0 Å². The average Bonchev–Trinajstić information content (AvgIpc) is 2.14. The van der Waals surface area contributed by atoms with Crippen molar-refractivity contribution in [1.29, 1.82) is 0 Å². The van der Waals surface area contributed by atoms with Crippen LogP contribution in [-0.4, -0.2) is 5.04 Å². The maximum absolute atomic E-state index is 5.41. The first-order valence-electron chi connectivity index (χ1n) is 2.27. The zero-order chi connectivity index (χ0) is 5.98. The Morgan fingerprint density at radius 2 is 2.62 bits per heavy atom. The number of nitrogens with zero attached hydrogens (tertiary/aromatic N) is 2. The van der Waals surface area contributed by atoms with Crippen molar-refractivity contribution < 1.29 is 0 Å². The molecule has 8 heavy (non-hydrogen) atoms. The molecule has 1 unspecified atom stereocenters. The highest BCUT2D eigenvalue weighted by Crippen LogP contribution is 2.17. The summed E-state index contributed by atoms with van der Waals surface area (Å²) >= 11 is 0. The lowest BCUT2D eigenvalue weighted by molar-refractivity contribution is 1.23. The number of rotatable bonds is 1. The van der Waals surface area contributed by atoms with Gasteiger partial charge in [0.05, 0.1) is 9.91 Å². The number of nitrogens with two attached hydrogens (primary N) is 1. The summed E-state index contributed by atoms with van der Waals surface area (Å²) in [5, 5.41) is 10.3. The summed E-state index contributed by atoms with van der Waals surface area (Å²) in [5.41, 5.74) is 0. The largest absolute Gasteiger partial charge is 0.258 e. The fourth-order valence-electron chi connectivity index (χ4n) is 0.347. The minimum atomic E-state index is -0.365. The highest BCUT2D eigenvalue weighted by atomic mass is 33.1. The van der Waals surface area contributed by atoms with Gasteiger partial charge in [-0.25, -0.2) is 0 Å². The summed E-state index contributed by atoms with van der Waals surface area (Å²) in [6, 6.07) is 0. The van der Waals surface area contributed by atoms with E-state index in [0.29, 0.717) is 0 Å². The molecule has 1 aliphatic heterocycles. The summed E-state index contributed by atoms with van der Waals surface area (Å²) < 4.78 is 3.74. The van der Waals surface area contributed by atoms with E-state index in [1.54, 1.807) is 10.8 Å². The Bertz CT molecular complexity index is 151. The monoisotopic (exact) mass is 149 g/mol. The van der Waals surface area contributed by atoms with Crippen molar-refractivity contribution in [3.8, 4) is 0 Å². The van der Waals surface area contributed by atoms with Crippen molar-refractivity contribution >= 4 is 25.7 Å². The summed E-state index contributed by atoms with van der Waals surface area (Å²) in [6.45, 7) is 2.05. The van der Waals surface area contributed by atoms with Gasteiger partial charge in [-0.1, -0.05) is 6.92 Å². The van der Waals surface area contributed by atoms with Gasteiger partial charge in [0.2, 0.25) is 0 Å². The van der Waals surface area contributed by atoms with E-state index in [2.05, 4.69) is 9.57 Å². The van der Waals surface area contributed by atoms with Gasteiger partial charge in [0.15, 0.2) is 0 Å². The molecular formula is C3H7N3S2. The fourth-order valence-corrected chi connectivity index (χ4v) is 2.25. The minimum absolute atomic E-state index is 0.365. The van der Waals surface area contributed by atoms with E-state index in [1.807, 2.05) is 6.92 Å². The second kappa shape index (κ2) is 2.61. The van der Waals surface area contributed by atoms with E-state index >= 15 is 0 Å². The molecule has 0 radical (unpaired) electrons. The van der Waals surface area contributed by atoms with Gasteiger partial charge in [0.25, 0.3) is 0 Å².